The number of benzene rings is 1. The van der Waals surface area contributed by atoms with Crippen LogP contribution in [-0.2, 0) is 16.0 Å². The van der Waals surface area contributed by atoms with Crippen molar-refractivity contribution in [3.05, 3.63) is 34.3 Å². The third-order valence-corrected chi connectivity index (χ3v) is 3.77. The van der Waals surface area contributed by atoms with Crippen LogP contribution in [0.4, 0.5) is 4.79 Å². The average molecular weight is 412 g/mol. The van der Waals surface area contributed by atoms with E-state index in [4.69, 9.17) is 4.74 Å². The Kier molecular flexibility index (Phi) is 7.60. The lowest BCUT2D eigenvalue weighted by atomic mass is 9.90. The molecule has 0 bridgehead atoms. The van der Waals surface area contributed by atoms with Crippen molar-refractivity contribution < 1.29 is 14.3 Å². The minimum Gasteiger partial charge on any atom is -0.444 e. The van der Waals surface area contributed by atoms with E-state index in [2.05, 4.69) is 31.6 Å². The summed E-state index contributed by atoms with van der Waals surface area (Å²) in [6.45, 7) is 7.26. The van der Waals surface area contributed by atoms with Gasteiger partial charge in [0.15, 0.2) is 0 Å². The molecule has 0 saturated carbocycles. The van der Waals surface area contributed by atoms with Crippen molar-refractivity contribution in [1.82, 2.24) is 10.6 Å². The number of carbonyl (C=O) groups excluding carboxylic acids is 2. The Labute approximate surface area is 157 Å². The maximum absolute atomic E-state index is 11.9. The molecule has 1 aromatic carbocycles. The largest absolute Gasteiger partial charge is 0.444 e. The Bertz CT molecular complexity index is 641. The number of carbonyl (C=O) groups is 2. The second kappa shape index (κ2) is 8.99. The van der Waals surface area contributed by atoms with Gasteiger partial charge in [-0.1, -0.05) is 28.1 Å². The van der Waals surface area contributed by atoms with Crippen LogP contribution < -0.4 is 10.6 Å². The van der Waals surface area contributed by atoms with Gasteiger partial charge in [-0.3, -0.25) is 10.3 Å². The van der Waals surface area contributed by atoms with E-state index in [0.29, 0.717) is 6.42 Å². The van der Waals surface area contributed by atoms with Crippen molar-refractivity contribution in [3.63, 3.8) is 0 Å². The van der Waals surface area contributed by atoms with Gasteiger partial charge in [0.25, 0.3) is 0 Å². The molecule has 2 N–H and O–H groups in total. The fourth-order valence-electron chi connectivity index (χ4n) is 2.28. The van der Waals surface area contributed by atoms with Gasteiger partial charge >= 0.3 is 6.09 Å². The maximum atomic E-state index is 11.9. The lowest BCUT2D eigenvalue weighted by Crippen LogP contribution is -2.54. The molecule has 0 aliphatic carbocycles. The molecule has 1 amide bonds. The maximum Gasteiger partial charge on any atom is 0.414 e. The summed E-state index contributed by atoms with van der Waals surface area (Å²) in [4.78, 5) is 27.2. The molecule has 0 radical (unpaired) electrons. The van der Waals surface area contributed by atoms with Gasteiger partial charge < -0.3 is 14.8 Å². The van der Waals surface area contributed by atoms with Crippen LogP contribution in [-0.4, -0.2) is 36.5 Å². The molecule has 0 heterocycles. The molecule has 25 heavy (non-hydrogen) atoms. The number of hydrogen-bond donors (Lipinski definition) is 2. The van der Waals surface area contributed by atoms with Gasteiger partial charge in [0, 0.05) is 23.5 Å². The van der Waals surface area contributed by atoms with E-state index in [1.807, 2.05) is 31.2 Å². The predicted octanol–water partition coefficient (Wildman–Crippen LogP) is 3.44. The van der Waals surface area contributed by atoms with Crippen molar-refractivity contribution in [2.24, 2.45) is 4.99 Å². The number of ether oxygens (including phenoxy) is 1. The first-order valence-corrected chi connectivity index (χ1v) is 8.79. The number of rotatable bonds is 5. The molecular weight excluding hydrogens is 386 g/mol. The number of aliphatic imine (C=N–C) groups is 1. The van der Waals surface area contributed by atoms with Crippen LogP contribution >= 0.6 is 15.9 Å². The minimum atomic E-state index is -0.606. The molecule has 0 aliphatic heterocycles. The first kappa shape index (κ1) is 21.2. The molecule has 7 heteroatoms. The fourth-order valence-corrected chi connectivity index (χ4v) is 2.72. The minimum absolute atomic E-state index is 0.258. The number of amides is 1. The highest BCUT2D eigenvalue weighted by Gasteiger charge is 2.27. The summed E-state index contributed by atoms with van der Waals surface area (Å²) in [5.41, 5.74) is -0.156. The van der Waals surface area contributed by atoms with Gasteiger partial charge in [0.2, 0.25) is 5.96 Å². The summed E-state index contributed by atoms with van der Waals surface area (Å²) >= 11 is 3.45. The lowest BCUT2D eigenvalue weighted by Gasteiger charge is -2.31. The zero-order valence-electron chi connectivity index (χ0n) is 15.4. The predicted molar refractivity (Wildman–Crippen MR) is 103 cm³/mol. The molecule has 0 fully saturated rings. The number of nitrogens with one attached hydrogen (secondary N) is 2. The zero-order valence-corrected chi connectivity index (χ0v) is 16.9. The standard InChI is InChI=1S/C18H26BrN3O3/c1-17(2,3)25-16(24)21-15(20-5)22-18(4,9-10-23)12-13-7-6-8-14(19)11-13/h6-8,10-11H,9,12H2,1-5H3,(H2,20,21,22,24). The number of aldehydes is 1. The zero-order chi connectivity index (χ0) is 19.1. The van der Waals surface area contributed by atoms with Gasteiger partial charge in [0.05, 0.1) is 0 Å². The Morgan fingerprint density at radius 3 is 2.52 bits per heavy atom. The Morgan fingerprint density at radius 1 is 1.32 bits per heavy atom. The number of hydrogen-bond acceptors (Lipinski definition) is 4. The molecule has 1 aromatic rings. The van der Waals surface area contributed by atoms with Crippen LogP contribution in [0.15, 0.2) is 33.7 Å². The van der Waals surface area contributed by atoms with E-state index in [0.717, 1.165) is 16.3 Å². The van der Waals surface area contributed by atoms with Crippen molar-refractivity contribution >= 4 is 34.3 Å². The summed E-state index contributed by atoms with van der Waals surface area (Å²) in [5, 5.41) is 5.74. The van der Waals surface area contributed by atoms with E-state index in [1.54, 1.807) is 27.8 Å². The van der Waals surface area contributed by atoms with Crippen LogP contribution in [0, 0.1) is 0 Å². The molecule has 0 aromatic heterocycles. The van der Waals surface area contributed by atoms with E-state index in [9.17, 15) is 9.59 Å². The third-order valence-electron chi connectivity index (χ3n) is 3.28. The summed E-state index contributed by atoms with van der Waals surface area (Å²) in [6.07, 6.45) is 1.09. The summed E-state index contributed by atoms with van der Waals surface area (Å²) in [7, 11) is 1.56. The smallest absolute Gasteiger partial charge is 0.414 e. The van der Waals surface area contributed by atoms with Crippen molar-refractivity contribution in [2.75, 3.05) is 7.05 Å². The SMILES string of the molecule is CN=C(NC(=O)OC(C)(C)C)NC(C)(CC=O)Cc1cccc(Br)c1. The molecule has 6 nitrogen and oxygen atoms in total. The van der Waals surface area contributed by atoms with Crippen LogP contribution in [0.3, 0.4) is 0 Å². The van der Waals surface area contributed by atoms with Gasteiger partial charge in [0.1, 0.15) is 11.9 Å². The Morgan fingerprint density at radius 2 is 2.00 bits per heavy atom. The lowest BCUT2D eigenvalue weighted by molar-refractivity contribution is -0.108. The summed E-state index contributed by atoms with van der Waals surface area (Å²) in [6, 6.07) is 7.86. The number of guanidine groups is 1. The van der Waals surface area contributed by atoms with E-state index in [1.165, 1.54) is 0 Å². The Hall–Kier alpha value is -1.89. The van der Waals surface area contributed by atoms with Crippen LogP contribution in [0.2, 0.25) is 0 Å². The monoisotopic (exact) mass is 411 g/mol. The number of halogens is 1. The van der Waals surface area contributed by atoms with E-state index < -0.39 is 17.2 Å². The third kappa shape index (κ3) is 8.16. The molecular formula is C18H26BrN3O3. The summed E-state index contributed by atoms with van der Waals surface area (Å²) in [5.74, 6) is 0.258. The molecule has 1 rings (SSSR count). The van der Waals surface area contributed by atoms with Gasteiger partial charge in [-0.05, 0) is 51.8 Å². The highest BCUT2D eigenvalue weighted by atomic mass is 79.9. The first-order valence-electron chi connectivity index (χ1n) is 8.00. The summed E-state index contributed by atoms with van der Waals surface area (Å²) < 4.78 is 6.20. The highest BCUT2D eigenvalue weighted by Crippen LogP contribution is 2.19. The molecule has 0 aliphatic rings. The van der Waals surface area contributed by atoms with E-state index in [-0.39, 0.29) is 12.4 Å². The topological polar surface area (TPSA) is 79.8 Å². The van der Waals surface area contributed by atoms with Gasteiger partial charge in [-0.15, -0.1) is 0 Å². The van der Waals surface area contributed by atoms with Crippen LogP contribution in [0.5, 0.6) is 0 Å². The van der Waals surface area contributed by atoms with Gasteiger partial charge in [-0.25, -0.2) is 4.79 Å². The van der Waals surface area contributed by atoms with Crippen LogP contribution in [0.1, 0.15) is 39.7 Å². The second-order valence-electron chi connectivity index (χ2n) is 7.06. The molecule has 0 spiro atoms. The second-order valence-corrected chi connectivity index (χ2v) is 7.98. The highest BCUT2D eigenvalue weighted by molar-refractivity contribution is 9.10. The average Bonchev–Trinajstić information content (AvgIpc) is 2.44. The van der Waals surface area contributed by atoms with E-state index >= 15 is 0 Å². The Balaban J connectivity index is 2.86. The fraction of sp³-hybridized carbons (Fsp3) is 0.500. The van der Waals surface area contributed by atoms with Crippen molar-refractivity contribution in [3.8, 4) is 0 Å². The van der Waals surface area contributed by atoms with Crippen molar-refractivity contribution in [2.45, 2.75) is 51.7 Å². The van der Waals surface area contributed by atoms with Crippen molar-refractivity contribution in [1.29, 1.82) is 0 Å². The molecule has 1 unspecified atom stereocenters. The number of alkyl carbamates (subject to hydrolysis) is 1. The molecule has 0 saturated heterocycles. The number of nitrogens with zero attached hydrogens (tertiary/aromatic N) is 1. The molecule has 1 atom stereocenters. The molecule has 138 valence electrons. The van der Waals surface area contributed by atoms with Crippen LogP contribution in [0.25, 0.3) is 0 Å². The first-order chi connectivity index (χ1) is 11.6. The quantitative estimate of drug-likeness (QED) is 0.441. The normalized spacial score (nSPS) is 14.4. The van der Waals surface area contributed by atoms with Gasteiger partial charge in [-0.2, -0.15) is 0 Å².